The van der Waals surface area contributed by atoms with Crippen molar-refractivity contribution >= 4 is 54.1 Å². The minimum atomic E-state index is 0.690. The van der Waals surface area contributed by atoms with Crippen LogP contribution in [0.4, 0.5) is 0 Å². The molecule has 0 saturated heterocycles. The Morgan fingerprint density at radius 1 is 0.327 bits per heavy atom. The molecule has 0 aliphatic carbocycles. The number of aromatic nitrogens is 4. The third kappa shape index (κ3) is 5.19. The van der Waals surface area contributed by atoms with Crippen LogP contribution in [0.25, 0.3) is 105 Å². The maximum absolute atomic E-state index is 5.23. The van der Waals surface area contributed by atoms with E-state index in [0.717, 1.165) is 44.9 Å². The van der Waals surface area contributed by atoms with E-state index < -0.39 is 0 Å². The summed E-state index contributed by atoms with van der Waals surface area (Å²) in [5, 5.41) is 9.85. The predicted molar refractivity (Wildman–Crippen MR) is 228 cm³/mol. The average Bonchev–Trinajstić information content (AvgIpc) is 3.60. The van der Waals surface area contributed by atoms with Gasteiger partial charge in [0.2, 0.25) is 0 Å². The van der Waals surface area contributed by atoms with E-state index >= 15 is 0 Å². The van der Waals surface area contributed by atoms with E-state index in [2.05, 4.69) is 179 Å². The zero-order chi connectivity index (χ0) is 36.3. The molecule has 0 N–H and O–H groups in total. The molecular weight excluding hydrogens is 669 g/mol. The maximum atomic E-state index is 5.23. The van der Waals surface area contributed by atoms with Gasteiger partial charge in [0.1, 0.15) is 0 Å². The van der Waals surface area contributed by atoms with Gasteiger partial charge in [0.25, 0.3) is 0 Å². The van der Waals surface area contributed by atoms with Gasteiger partial charge in [-0.3, -0.25) is 4.98 Å². The van der Waals surface area contributed by atoms with Crippen molar-refractivity contribution in [2.75, 3.05) is 0 Å². The van der Waals surface area contributed by atoms with Crippen LogP contribution in [0.3, 0.4) is 0 Å². The van der Waals surface area contributed by atoms with Crippen LogP contribution in [0.1, 0.15) is 0 Å². The predicted octanol–water partition coefficient (Wildman–Crippen LogP) is 13.1. The van der Waals surface area contributed by atoms with Gasteiger partial charge in [0, 0.05) is 45.5 Å². The van der Waals surface area contributed by atoms with Gasteiger partial charge in [0.05, 0.1) is 22.4 Å². The first-order valence-electron chi connectivity index (χ1n) is 18.6. The molecule has 0 fully saturated rings. The number of pyridine rings is 1. The second kappa shape index (κ2) is 12.6. The summed E-state index contributed by atoms with van der Waals surface area (Å²) in [5.41, 5.74) is 10.6. The zero-order valence-corrected chi connectivity index (χ0v) is 29.8. The van der Waals surface area contributed by atoms with Gasteiger partial charge in [-0.1, -0.05) is 133 Å². The highest BCUT2D eigenvalue weighted by atomic mass is 15.0. The molecular formula is C51H32N4. The van der Waals surface area contributed by atoms with E-state index in [1.165, 1.54) is 54.1 Å². The summed E-state index contributed by atoms with van der Waals surface area (Å²) in [6.07, 6.45) is 3.68. The van der Waals surface area contributed by atoms with Crippen LogP contribution in [-0.4, -0.2) is 19.5 Å². The average molecular weight is 701 g/mol. The van der Waals surface area contributed by atoms with Gasteiger partial charge in [0.15, 0.2) is 5.82 Å². The Bertz CT molecular complexity index is 3220. The smallest absolute Gasteiger partial charge is 0.160 e. The van der Waals surface area contributed by atoms with Crippen molar-refractivity contribution in [1.82, 2.24) is 19.5 Å². The molecule has 0 aliphatic rings. The fourth-order valence-corrected chi connectivity index (χ4v) is 8.26. The molecule has 0 saturated carbocycles. The number of hydrogen-bond acceptors (Lipinski definition) is 3. The maximum Gasteiger partial charge on any atom is 0.160 e. The number of benzene rings is 8. The van der Waals surface area contributed by atoms with Crippen molar-refractivity contribution in [3.05, 3.63) is 194 Å². The molecule has 11 aromatic rings. The molecule has 8 aromatic carbocycles. The van der Waals surface area contributed by atoms with E-state index in [9.17, 15) is 0 Å². The Balaban J connectivity index is 1.13. The van der Waals surface area contributed by atoms with Gasteiger partial charge in [-0.05, 0) is 92.0 Å². The Morgan fingerprint density at radius 3 is 1.65 bits per heavy atom. The third-order valence-electron chi connectivity index (χ3n) is 10.9. The summed E-state index contributed by atoms with van der Waals surface area (Å²) >= 11 is 0. The molecule has 4 heteroatoms. The van der Waals surface area contributed by atoms with Crippen molar-refractivity contribution in [3.8, 4) is 50.7 Å². The van der Waals surface area contributed by atoms with Gasteiger partial charge in [-0.25, -0.2) is 9.97 Å². The normalized spacial score (nSPS) is 11.6. The molecule has 0 aliphatic heterocycles. The first-order valence-corrected chi connectivity index (χ1v) is 18.6. The first-order chi connectivity index (χ1) is 27.3. The lowest BCUT2D eigenvalue weighted by Crippen LogP contribution is -1.96. The molecule has 256 valence electrons. The van der Waals surface area contributed by atoms with Crippen molar-refractivity contribution < 1.29 is 0 Å². The topological polar surface area (TPSA) is 43.6 Å². The lowest BCUT2D eigenvalue weighted by Gasteiger charge is -2.14. The van der Waals surface area contributed by atoms with Crippen molar-refractivity contribution in [3.63, 3.8) is 0 Å². The van der Waals surface area contributed by atoms with Gasteiger partial charge in [-0.2, -0.15) is 0 Å². The molecule has 4 nitrogen and oxygen atoms in total. The van der Waals surface area contributed by atoms with Crippen molar-refractivity contribution in [1.29, 1.82) is 0 Å². The van der Waals surface area contributed by atoms with Crippen LogP contribution >= 0.6 is 0 Å². The standard InChI is InChI=1S/C51H32N4/c1-3-12-34(13-4-1)47-31-48(54-51(53-47)35-23-21-33(22-24-35)37-14-11-27-52-32-37)36-25-26-41-43(28-36)39-17-7-8-18-40(39)45-30-50-46(29-44(41)45)42-19-9-10-20-49(42)55(50)38-15-5-2-6-16-38/h1-32H. The molecule has 11 rings (SSSR count). The third-order valence-corrected chi connectivity index (χ3v) is 10.9. The highest BCUT2D eigenvalue weighted by molar-refractivity contribution is 6.29. The minimum absolute atomic E-state index is 0.690. The summed E-state index contributed by atoms with van der Waals surface area (Å²) in [7, 11) is 0. The van der Waals surface area contributed by atoms with Gasteiger partial charge >= 0.3 is 0 Å². The van der Waals surface area contributed by atoms with Crippen LogP contribution in [0, 0.1) is 0 Å². The Hall–Kier alpha value is -7.43. The first kappa shape index (κ1) is 31.1. The number of fused-ring (bicyclic) bond motifs is 9. The molecule has 0 unspecified atom stereocenters. The summed E-state index contributed by atoms with van der Waals surface area (Å²) in [6.45, 7) is 0. The van der Waals surface area contributed by atoms with Crippen molar-refractivity contribution in [2.24, 2.45) is 0 Å². The van der Waals surface area contributed by atoms with E-state index in [4.69, 9.17) is 9.97 Å². The number of nitrogens with zero attached hydrogens (tertiary/aromatic N) is 4. The van der Waals surface area contributed by atoms with E-state index in [1.807, 2.05) is 18.3 Å². The molecule has 0 atom stereocenters. The van der Waals surface area contributed by atoms with Crippen LogP contribution in [-0.2, 0) is 0 Å². The van der Waals surface area contributed by atoms with E-state index in [0.29, 0.717) is 5.82 Å². The van der Waals surface area contributed by atoms with E-state index in [1.54, 1.807) is 6.20 Å². The second-order valence-corrected chi connectivity index (χ2v) is 14.1. The molecule has 0 bridgehead atoms. The fraction of sp³-hybridized carbons (Fsp3) is 0. The number of hydrogen-bond donors (Lipinski definition) is 0. The second-order valence-electron chi connectivity index (χ2n) is 14.1. The van der Waals surface area contributed by atoms with Crippen LogP contribution < -0.4 is 0 Å². The van der Waals surface area contributed by atoms with Crippen molar-refractivity contribution in [2.45, 2.75) is 0 Å². The SMILES string of the molecule is c1ccc(-c2cc(-c3ccc4c(c3)c3ccccc3c3cc5c(cc43)c3ccccc3n5-c3ccccc3)nc(-c3ccc(-c4cccnc4)cc3)n2)cc1. The Morgan fingerprint density at radius 2 is 0.909 bits per heavy atom. The zero-order valence-electron chi connectivity index (χ0n) is 29.8. The van der Waals surface area contributed by atoms with Crippen LogP contribution in [0.15, 0.2) is 194 Å². The monoisotopic (exact) mass is 700 g/mol. The summed E-state index contributed by atoms with van der Waals surface area (Å²) in [4.78, 5) is 14.6. The van der Waals surface area contributed by atoms with Crippen LogP contribution in [0.2, 0.25) is 0 Å². The summed E-state index contributed by atoms with van der Waals surface area (Å²) < 4.78 is 2.40. The number of para-hydroxylation sites is 2. The Kier molecular flexibility index (Phi) is 7.14. The molecule has 0 radical (unpaired) electrons. The minimum Gasteiger partial charge on any atom is -0.309 e. The summed E-state index contributed by atoms with van der Waals surface area (Å²) in [5.74, 6) is 0.690. The number of rotatable bonds is 5. The quantitative estimate of drug-likeness (QED) is 0.168. The largest absolute Gasteiger partial charge is 0.309 e. The molecule has 0 spiro atoms. The Labute approximate surface area is 317 Å². The molecule has 3 aromatic heterocycles. The highest BCUT2D eigenvalue weighted by Gasteiger charge is 2.18. The van der Waals surface area contributed by atoms with E-state index in [-0.39, 0.29) is 0 Å². The van der Waals surface area contributed by atoms with Gasteiger partial charge in [-0.15, -0.1) is 0 Å². The molecule has 3 heterocycles. The molecule has 0 amide bonds. The van der Waals surface area contributed by atoms with Crippen LogP contribution in [0.5, 0.6) is 0 Å². The lowest BCUT2D eigenvalue weighted by molar-refractivity contribution is 1.18. The van der Waals surface area contributed by atoms with Gasteiger partial charge < -0.3 is 4.57 Å². The highest BCUT2D eigenvalue weighted by Crippen LogP contribution is 2.42. The molecule has 55 heavy (non-hydrogen) atoms. The fourth-order valence-electron chi connectivity index (χ4n) is 8.26. The summed E-state index contributed by atoms with van der Waals surface area (Å²) in [6, 6.07) is 64.8. The lowest BCUT2D eigenvalue weighted by atomic mass is 9.91.